The monoisotopic (exact) mass is 315 g/mol. The van der Waals surface area contributed by atoms with Crippen LogP contribution in [0, 0.1) is 5.41 Å². The lowest BCUT2D eigenvalue weighted by Crippen LogP contribution is -2.41. The number of nitrogens with one attached hydrogen (secondary N) is 1. The molecule has 0 spiro atoms. The summed E-state index contributed by atoms with van der Waals surface area (Å²) in [7, 11) is 1.71. The predicted octanol–water partition coefficient (Wildman–Crippen LogP) is 2.73. The fourth-order valence-electron chi connectivity index (χ4n) is 3.34. The molecule has 0 bridgehead atoms. The van der Waals surface area contributed by atoms with Crippen LogP contribution in [0.2, 0.25) is 0 Å². The van der Waals surface area contributed by atoms with Gasteiger partial charge >= 0.3 is 0 Å². The van der Waals surface area contributed by atoms with E-state index in [2.05, 4.69) is 35.6 Å². The molecule has 4 nitrogen and oxygen atoms in total. The van der Waals surface area contributed by atoms with Gasteiger partial charge in [0.1, 0.15) is 5.75 Å². The normalized spacial score (nSPS) is 17.3. The summed E-state index contributed by atoms with van der Waals surface area (Å²) in [6.45, 7) is 3.20. The number of ether oxygens (including phenoxy) is 2. The molecule has 23 heavy (non-hydrogen) atoms. The zero-order chi connectivity index (χ0) is 16.1. The van der Waals surface area contributed by atoms with Gasteiger partial charge in [-0.15, -0.1) is 0 Å². The van der Waals surface area contributed by atoms with E-state index in [-0.39, 0.29) is 12.0 Å². The van der Waals surface area contributed by atoms with E-state index in [1.807, 2.05) is 6.07 Å². The Balaban J connectivity index is 1.76. The Morgan fingerprint density at radius 1 is 1.17 bits per heavy atom. The van der Waals surface area contributed by atoms with Gasteiger partial charge in [0.05, 0.1) is 13.7 Å². The number of hydrogen-bond acceptors (Lipinski definition) is 4. The molecule has 2 aromatic carbocycles. The van der Waals surface area contributed by atoms with E-state index in [4.69, 9.17) is 9.47 Å². The van der Waals surface area contributed by atoms with Crippen LogP contribution in [0.1, 0.15) is 18.4 Å². The van der Waals surface area contributed by atoms with Crippen molar-refractivity contribution in [2.75, 3.05) is 33.5 Å². The van der Waals surface area contributed by atoms with E-state index in [9.17, 15) is 5.11 Å². The van der Waals surface area contributed by atoms with Crippen molar-refractivity contribution in [3.05, 3.63) is 42.0 Å². The lowest BCUT2D eigenvalue weighted by Gasteiger charge is -2.35. The van der Waals surface area contributed by atoms with Crippen molar-refractivity contribution in [2.45, 2.75) is 19.4 Å². The van der Waals surface area contributed by atoms with Crippen LogP contribution < -0.4 is 10.1 Å². The summed E-state index contributed by atoms with van der Waals surface area (Å²) < 4.78 is 11.0. The van der Waals surface area contributed by atoms with Crippen molar-refractivity contribution in [3.63, 3.8) is 0 Å². The first-order chi connectivity index (χ1) is 11.3. The van der Waals surface area contributed by atoms with Crippen molar-refractivity contribution in [2.24, 2.45) is 5.41 Å². The van der Waals surface area contributed by atoms with E-state index in [1.54, 1.807) is 7.11 Å². The van der Waals surface area contributed by atoms with Gasteiger partial charge in [0.25, 0.3) is 0 Å². The Kier molecular flexibility index (Phi) is 5.16. The zero-order valence-corrected chi connectivity index (χ0v) is 13.7. The van der Waals surface area contributed by atoms with Crippen molar-refractivity contribution in [1.29, 1.82) is 0 Å². The number of aliphatic hydroxyl groups is 1. The van der Waals surface area contributed by atoms with Crippen LogP contribution in [0.3, 0.4) is 0 Å². The fraction of sp³-hybridized carbons (Fsp3) is 0.474. The van der Waals surface area contributed by atoms with Crippen LogP contribution >= 0.6 is 0 Å². The van der Waals surface area contributed by atoms with Gasteiger partial charge in [-0.05, 0) is 29.7 Å². The molecule has 1 heterocycles. The van der Waals surface area contributed by atoms with Gasteiger partial charge in [-0.2, -0.15) is 0 Å². The van der Waals surface area contributed by atoms with Crippen LogP contribution in [-0.4, -0.2) is 38.6 Å². The molecule has 1 aliphatic rings. The number of methoxy groups -OCH3 is 1. The Labute approximate surface area is 137 Å². The fourth-order valence-corrected chi connectivity index (χ4v) is 3.34. The largest absolute Gasteiger partial charge is 0.496 e. The van der Waals surface area contributed by atoms with Gasteiger partial charge in [-0.25, -0.2) is 0 Å². The summed E-state index contributed by atoms with van der Waals surface area (Å²) in [5.74, 6) is 0.904. The maximum atomic E-state index is 9.79. The van der Waals surface area contributed by atoms with Gasteiger partial charge < -0.3 is 19.9 Å². The van der Waals surface area contributed by atoms with Gasteiger partial charge in [-0.3, -0.25) is 0 Å². The number of hydrogen-bond donors (Lipinski definition) is 2. The standard InChI is InChI=1S/C19H25NO3/c1-22-18-7-6-15-4-2-3-5-16(15)17(18)12-20-13-19(14-21)8-10-23-11-9-19/h2-7,20-21H,8-14H2,1H3. The lowest BCUT2D eigenvalue weighted by molar-refractivity contribution is -0.0154. The molecular weight excluding hydrogens is 290 g/mol. The van der Waals surface area contributed by atoms with E-state index in [1.165, 1.54) is 16.3 Å². The number of fused-ring (bicyclic) bond motifs is 1. The summed E-state index contributed by atoms with van der Waals surface area (Å²) in [6, 6.07) is 12.5. The third kappa shape index (κ3) is 3.50. The average molecular weight is 315 g/mol. The second-order valence-corrected chi connectivity index (χ2v) is 6.34. The lowest BCUT2D eigenvalue weighted by atomic mass is 9.81. The number of benzene rings is 2. The summed E-state index contributed by atoms with van der Waals surface area (Å²) in [5, 5.41) is 15.8. The highest BCUT2D eigenvalue weighted by molar-refractivity contribution is 5.87. The maximum absolute atomic E-state index is 9.79. The van der Waals surface area contributed by atoms with Gasteiger partial charge in [-0.1, -0.05) is 30.3 Å². The molecule has 0 amide bonds. The van der Waals surface area contributed by atoms with Crippen molar-refractivity contribution < 1.29 is 14.6 Å². The van der Waals surface area contributed by atoms with Crippen molar-refractivity contribution in [1.82, 2.24) is 5.32 Å². The minimum Gasteiger partial charge on any atom is -0.496 e. The molecule has 124 valence electrons. The molecule has 0 atom stereocenters. The van der Waals surface area contributed by atoms with Gasteiger partial charge in [0.2, 0.25) is 0 Å². The molecule has 0 aliphatic carbocycles. The molecule has 2 N–H and O–H groups in total. The molecule has 3 rings (SSSR count). The third-order valence-corrected chi connectivity index (χ3v) is 4.91. The Morgan fingerprint density at radius 2 is 1.96 bits per heavy atom. The molecule has 4 heteroatoms. The first-order valence-electron chi connectivity index (χ1n) is 8.22. The Hall–Kier alpha value is -1.62. The van der Waals surface area contributed by atoms with E-state index in [0.717, 1.165) is 44.9 Å². The smallest absolute Gasteiger partial charge is 0.123 e. The summed E-state index contributed by atoms with van der Waals surface area (Å²) >= 11 is 0. The molecule has 2 aromatic rings. The van der Waals surface area contributed by atoms with Crippen LogP contribution in [0.15, 0.2) is 36.4 Å². The number of rotatable bonds is 6. The summed E-state index contributed by atoms with van der Waals surface area (Å²) in [5.41, 5.74) is 1.11. The first kappa shape index (κ1) is 16.2. The molecule has 0 unspecified atom stereocenters. The Morgan fingerprint density at radius 3 is 2.70 bits per heavy atom. The molecule has 1 saturated heterocycles. The minimum absolute atomic E-state index is 0.0595. The molecule has 1 aliphatic heterocycles. The molecule has 0 saturated carbocycles. The second kappa shape index (κ2) is 7.30. The molecular formula is C19H25NO3. The SMILES string of the molecule is COc1ccc2ccccc2c1CNCC1(CO)CCOCC1. The highest BCUT2D eigenvalue weighted by atomic mass is 16.5. The van der Waals surface area contributed by atoms with Crippen LogP contribution in [0.25, 0.3) is 10.8 Å². The molecule has 0 radical (unpaired) electrons. The minimum atomic E-state index is -0.0595. The summed E-state index contributed by atoms with van der Waals surface area (Å²) in [6.07, 6.45) is 1.81. The van der Waals surface area contributed by atoms with E-state index in [0.29, 0.717) is 0 Å². The number of aliphatic hydroxyl groups excluding tert-OH is 1. The van der Waals surface area contributed by atoms with Gasteiger partial charge in [0, 0.05) is 37.3 Å². The molecule has 1 fully saturated rings. The van der Waals surface area contributed by atoms with Crippen molar-refractivity contribution in [3.8, 4) is 5.75 Å². The Bertz CT molecular complexity index is 650. The van der Waals surface area contributed by atoms with Crippen LogP contribution in [0.5, 0.6) is 5.75 Å². The van der Waals surface area contributed by atoms with Crippen molar-refractivity contribution >= 4 is 10.8 Å². The predicted molar refractivity (Wildman–Crippen MR) is 91.8 cm³/mol. The topological polar surface area (TPSA) is 50.7 Å². The third-order valence-electron chi connectivity index (χ3n) is 4.91. The van der Waals surface area contributed by atoms with Gasteiger partial charge in [0.15, 0.2) is 0 Å². The first-order valence-corrected chi connectivity index (χ1v) is 8.22. The molecule has 0 aromatic heterocycles. The quantitative estimate of drug-likeness (QED) is 0.860. The second-order valence-electron chi connectivity index (χ2n) is 6.34. The van der Waals surface area contributed by atoms with Crippen LogP contribution in [0.4, 0.5) is 0 Å². The van der Waals surface area contributed by atoms with E-state index >= 15 is 0 Å². The highest BCUT2D eigenvalue weighted by Crippen LogP contribution is 2.31. The maximum Gasteiger partial charge on any atom is 0.123 e. The average Bonchev–Trinajstić information content (AvgIpc) is 2.62. The summed E-state index contributed by atoms with van der Waals surface area (Å²) in [4.78, 5) is 0. The highest BCUT2D eigenvalue weighted by Gasteiger charge is 2.31. The van der Waals surface area contributed by atoms with Crippen LogP contribution in [-0.2, 0) is 11.3 Å². The van der Waals surface area contributed by atoms with E-state index < -0.39 is 0 Å². The zero-order valence-electron chi connectivity index (χ0n) is 13.7.